The number of hydrogen-bond acceptors (Lipinski definition) is 4. The molecule has 0 aliphatic heterocycles. The van der Waals surface area contributed by atoms with Crippen molar-refractivity contribution in [2.45, 2.75) is 26.9 Å². The third kappa shape index (κ3) is 2.71. The number of likely N-dealkylation sites (N-methyl/N-ethyl adjacent to an activating group) is 1. The SMILES string of the molecule is Cc1cc(C)c(C#N)c(N(C)CC(C)O)n1. The molecule has 0 bridgehead atoms. The summed E-state index contributed by atoms with van der Waals surface area (Å²) < 4.78 is 0. The van der Waals surface area contributed by atoms with E-state index in [2.05, 4.69) is 11.1 Å². The van der Waals surface area contributed by atoms with Gasteiger partial charge >= 0.3 is 0 Å². The van der Waals surface area contributed by atoms with E-state index in [-0.39, 0.29) is 0 Å². The molecule has 16 heavy (non-hydrogen) atoms. The highest BCUT2D eigenvalue weighted by Crippen LogP contribution is 2.20. The number of hydrogen-bond donors (Lipinski definition) is 1. The zero-order chi connectivity index (χ0) is 12.3. The maximum Gasteiger partial charge on any atom is 0.146 e. The third-order valence-electron chi connectivity index (χ3n) is 2.34. The van der Waals surface area contributed by atoms with Crippen LogP contribution in [0.4, 0.5) is 5.82 Å². The van der Waals surface area contributed by atoms with Crippen molar-refractivity contribution in [2.75, 3.05) is 18.5 Å². The van der Waals surface area contributed by atoms with Gasteiger partial charge < -0.3 is 10.0 Å². The number of nitriles is 1. The first-order chi connectivity index (χ1) is 7.45. The Bertz CT molecular complexity index is 421. The fourth-order valence-electron chi connectivity index (χ4n) is 1.71. The van der Waals surface area contributed by atoms with Gasteiger partial charge in [0.05, 0.1) is 11.7 Å². The minimum absolute atomic E-state index is 0.445. The molecule has 1 unspecified atom stereocenters. The second-order valence-corrected chi connectivity index (χ2v) is 4.12. The summed E-state index contributed by atoms with van der Waals surface area (Å²) in [5.41, 5.74) is 2.38. The van der Waals surface area contributed by atoms with Crippen LogP contribution >= 0.6 is 0 Å². The first kappa shape index (κ1) is 12.5. The largest absolute Gasteiger partial charge is 0.392 e. The second kappa shape index (κ2) is 4.95. The van der Waals surface area contributed by atoms with E-state index < -0.39 is 6.10 Å². The lowest BCUT2D eigenvalue weighted by atomic mass is 10.1. The monoisotopic (exact) mass is 219 g/mol. The molecule has 0 saturated carbocycles. The van der Waals surface area contributed by atoms with Crippen LogP contribution in [0.3, 0.4) is 0 Å². The van der Waals surface area contributed by atoms with Crippen LogP contribution in [0.2, 0.25) is 0 Å². The van der Waals surface area contributed by atoms with E-state index in [0.29, 0.717) is 17.9 Å². The molecule has 1 rings (SSSR count). The van der Waals surface area contributed by atoms with Gasteiger partial charge in [0.1, 0.15) is 11.9 Å². The van der Waals surface area contributed by atoms with Gasteiger partial charge in [-0.3, -0.25) is 0 Å². The summed E-state index contributed by atoms with van der Waals surface area (Å²) in [5.74, 6) is 0.640. The predicted molar refractivity (Wildman–Crippen MR) is 63.4 cm³/mol. The van der Waals surface area contributed by atoms with Gasteiger partial charge in [-0.1, -0.05) is 0 Å². The Kier molecular flexibility index (Phi) is 3.86. The zero-order valence-corrected chi connectivity index (χ0v) is 10.2. The van der Waals surface area contributed by atoms with E-state index in [1.54, 1.807) is 6.92 Å². The fourth-order valence-corrected chi connectivity index (χ4v) is 1.71. The number of rotatable bonds is 3. The highest BCUT2D eigenvalue weighted by Gasteiger charge is 2.13. The van der Waals surface area contributed by atoms with Crippen molar-refractivity contribution >= 4 is 5.82 Å². The van der Waals surface area contributed by atoms with E-state index in [1.807, 2.05) is 31.9 Å². The molecule has 0 aromatic carbocycles. The van der Waals surface area contributed by atoms with Gasteiger partial charge in [-0.2, -0.15) is 5.26 Å². The first-order valence-corrected chi connectivity index (χ1v) is 5.23. The van der Waals surface area contributed by atoms with E-state index in [1.165, 1.54) is 0 Å². The molecular weight excluding hydrogens is 202 g/mol. The Labute approximate surface area is 96.2 Å². The summed E-state index contributed by atoms with van der Waals surface area (Å²) in [6, 6.07) is 4.05. The Balaban J connectivity index is 3.17. The third-order valence-corrected chi connectivity index (χ3v) is 2.34. The lowest BCUT2D eigenvalue weighted by Gasteiger charge is -2.21. The average molecular weight is 219 g/mol. The normalized spacial score (nSPS) is 12.0. The van der Waals surface area contributed by atoms with Crippen molar-refractivity contribution < 1.29 is 5.11 Å². The molecule has 0 amide bonds. The first-order valence-electron chi connectivity index (χ1n) is 5.23. The number of aryl methyl sites for hydroxylation is 2. The van der Waals surface area contributed by atoms with Gasteiger partial charge in [-0.25, -0.2) is 4.98 Å². The van der Waals surface area contributed by atoms with Crippen molar-refractivity contribution in [3.8, 4) is 6.07 Å². The van der Waals surface area contributed by atoms with Crippen molar-refractivity contribution in [1.82, 2.24) is 4.98 Å². The number of aliphatic hydroxyl groups is 1. The van der Waals surface area contributed by atoms with E-state index in [4.69, 9.17) is 5.26 Å². The maximum absolute atomic E-state index is 9.33. The quantitative estimate of drug-likeness (QED) is 0.834. The summed E-state index contributed by atoms with van der Waals surface area (Å²) >= 11 is 0. The van der Waals surface area contributed by atoms with Gasteiger partial charge in [0.25, 0.3) is 0 Å². The summed E-state index contributed by atoms with van der Waals surface area (Å²) in [5, 5.41) is 18.4. The van der Waals surface area contributed by atoms with Gasteiger partial charge in [0.15, 0.2) is 0 Å². The number of anilines is 1. The predicted octanol–water partition coefficient (Wildman–Crippen LogP) is 1.39. The van der Waals surface area contributed by atoms with Crippen LogP contribution in [0.25, 0.3) is 0 Å². The molecule has 0 spiro atoms. The minimum Gasteiger partial charge on any atom is -0.392 e. The number of aromatic nitrogens is 1. The van der Waals surface area contributed by atoms with Gasteiger partial charge in [0, 0.05) is 19.3 Å². The lowest BCUT2D eigenvalue weighted by Crippen LogP contribution is -2.28. The molecule has 4 nitrogen and oxygen atoms in total. The van der Waals surface area contributed by atoms with Gasteiger partial charge in [-0.05, 0) is 32.4 Å². The molecule has 0 saturated heterocycles. The van der Waals surface area contributed by atoms with Crippen LogP contribution in [0.5, 0.6) is 0 Å². The Morgan fingerprint density at radius 1 is 1.56 bits per heavy atom. The van der Waals surface area contributed by atoms with E-state index in [0.717, 1.165) is 11.3 Å². The zero-order valence-electron chi connectivity index (χ0n) is 10.2. The van der Waals surface area contributed by atoms with Gasteiger partial charge in [0.2, 0.25) is 0 Å². The standard InChI is InChI=1S/C12H17N3O/c1-8-5-9(2)14-12(11(8)6-13)15(4)7-10(3)16/h5,10,16H,7H2,1-4H3. The lowest BCUT2D eigenvalue weighted by molar-refractivity contribution is 0.201. The summed E-state index contributed by atoms with van der Waals surface area (Å²) in [6.07, 6.45) is -0.445. The molecule has 86 valence electrons. The summed E-state index contributed by atoms with van der Waals surface area (Å²) in [6.45, 7) is 5.97. The molecule has 4 heteroatoms. The smallest absolute Gasteiger partial charge is 0.146 e. The molecule has 1 aromatic heterocycles. The number of pyridine rings is 1. The Morgan fingerprint density at radius 3 is 2.69 bits per heavy atom. The van der Waals surface area contributed by atoms with Gasteiger partial charge in [-0.15, -0.1) is 0 Å². The maximum atomic E-state index is 9.33. The van der Waals surface area contributed by atoms with E-state index >= 15 is 0 Å². The molecule has 1 heterocycles. The number of aliphatic hydroxyl groups excluding tert-OH is 1. The van der Waals surface area contributed by atoms with E-state index in [9.17, 15) is 5.11 Å². The minimum atomic E-state index is -0.445. The topological polar surface area (TPSA) is 60.2 Å². The van der Waals surface area contributed by atoms with Crippen LogP contribution in [-0.2, 0) is 0 Å². The molecule has 1 N–H and O–H groups in total. The molecule has 1 aromatic rings. The highest BCUT2D eigenvalue weighted by molar-refractivity contribution is 5.57. The molecule has 0 fully saturated rings. The van der Waals surface area contributed by atoms with Crippen LogP contribution in [0.15, 0.2) is 6.07 Å². The summed E-state index contributed by atoms with van der Waals surface area (Å²) in [7, 11) is 1.83. The average Bonchev–Trinajstić information content (AvgIpc) is 2.15. The van der Waals surface area contributed by atoms with Crippen LogP contribution in [0.1, 0.15) is 23.7 Å². The van der Waals surface area contributed by atoms with Crippen LogP contribution < -0.4 is 4.90 Å². The molecule has 1 atom stereocenters. The van der Waals surface area contributed by atoms with Crippen molar-refractivity contribution in [2.24, 2.45) is 0 Å². The second-order valence-electron chi connectivity index (χ2n) is 4.12. The molecular formula is C12H17N3O. The molecule has 0 aliphatic rings. The Morgan fingerprint density at radius 2 is 2.19 bits per heavy atom. The Hall–Kier alpha value is -1.60. The van der Waals surface area contributed by atoms with Crippen molar-refractivity contribution in [1.29, 1.82) is 5.26 Å². The van der Waals surface area contributed by atoms with Crippen molar-refractivity contribution in [3.63, 3.8) is 0 Å². The van der Waals surface area contributed by atoms with Crippen LogP contribution in [-0.4, -0.2) is 29.8 Å². The fraction of sp³-hybridized carbons (Fsp3) is 0.500. The van der Waals surface area contributed by atoms with Crippen molar-refractivity contribution in [3.05, 3.63) is 22.9 Å². The molecule has 0 aliphatic carbocycles. The molecule has 0 radical (unpaired) electrons. The summed E-state index contributed by atoms with van der Waals surface area (Å²) in [4.78, 5) is 6.16. The number of nitrogens with zero attached hydrogens (tertiary/aromatic N) is 3. The van der Waals surface area contributed by atoms with Crippen LogP contribution in [0, 0.1) is 25.2 Å². The highest BCUT2D eigenvalue weighted by atomic mass is 16.3.